The number of ether oxygens (including phenoxy) is 1. The third-order valence-corrected chi connectivity index (χ3v) is 2.98. The Labute approximate surface area is 139 Å². The van der Waals surface area contributed by atoms with Gasteiger partial charge in [0.25, 0.3) is 0 Å². The molecule has 0 aliphatic rings. The van der Waals surface area contributed by atoms with E-state index in [1.807, 2.05) is 11.8 Å². The molecule has 0 atom stereocenters. The first-order chi connectivity index (χ1) is 8.74. The van der Waals surface area contributed by atoms with Crippen molar-refractivity contribution in [2.45, 2.75) is 6.92 Å². The van der Waals surface area contributed by atoms with Gasteiger partial charge in [-0.15, -0.1) is 24.0 Å². The molecule has 0 rings (SSSR count). The van der Waals surface area contributed by atoms with Gasteiger partial charge in [0.05, 0.1) is 13.2 Å². The Bertz CT molecular complexity index is 220. The summed E-state index contributed by atoms with van der Waals surface area (Å²) in [5.74, 6) is 2.00. The molecular formula is C12H29IN4OS. The van der Waals surface area contributed by atoms with E-state index in [1.165, 1.54) is 0 Å². The monoisotopic (exact) mass is 404 g/mol. The van der Waals surface area contributed by atoms with E-state index in [1.54, 1.807) is 7.11 Å². The number of hydrogen-bond acceptors (Lipinski definition) is 4. The normalized spacial score (nSPS) is 11.3. The van der Waals surface area contributed by atoms with Crippen molar-refractivity contribution in [1.29, 1.82) is 0 Å². The Hall–Kier alpha value is 0.270. The standard InChI is InChI=1S/C12H28N4OS.HI/c1-5-13-12(15-7-11-18-4)14-6-8-16(2)9-10-17-3;/h5-11H2,1-4H3,(H2,13,14,15);1H. The van der Waals surface area contributed by atoms with Crippen molar-refractivity contribution in [3.63, 3.8) is 0 Å². The number of guanidine groups is 1. The summed E-state index contributed by atoms with van der Waals surface area (Å²) in [6.45, 7) is 7.39. The Morgan fingerprint density at radius 2 is 2.05 bits per heavy atom. The van der Waals surface area contributed by atoms with Crippen LogP contribution < -0.4 is 10.6 Å². The van der Waals surface area contributed by atoms with Gasteiger partial charge in [-0.2, -0.15) is 11.8 Å². The highest BCUT2D eigenvalue weighted by Crippen LogP contribution is 1.87. The number of hydrogen-bond donors (Lipinski definition) is 2. The summed E-state index contributed by atoms with van der Waals surface area (Å²) in [4.78, 5) is 6.76. The molecule has 0 saturated heterocycles. The molecule has 0 aliphatic heterocycles. The van der Waals surface area contributed by atoms with Gasteiger partial charge >= 0.3 is 0 Å². The molecule has 0 bridgehead atoms. The zero-order valence-corrected chi connectivity index (χ0v) is 15.7. The van der Waals surface area contributed by atoms with E-state index in [0.717, 1.165) is 51.0 Å². The lowest BCUT2D eigenvalue weighted by Crippen LogP contribution is -2.39. The van der Waals surface area contributed by atoms with E-state index in [9.17, 15) is 0 Å². The quantitative estimate of drug-likeness (QED) is 0.247. The van der Waals surface area contributed by atoms with Crippen LogP contribution in [0.4, 0.5) is 0 Å². The topological polar surface area (TPSA) is 48.9 Å². The SMILES string of the molecule is CCNC(=NCCN(C)CCOC)NCCSC.I. The molecule has 2 N–H and O–H groups in total. The number of thioether (sulfide) groups is 1. The summed E-state index contributed by atoms with van der Waals surface area (Å²) >= 11 is 1.83. The average molecular weight is 404 g/mol. The second-order valence-electron chi connectivity index (χ2n) is 3.98. The molecule has 0 aromatic carbocycles. The fourth-order valence-electron chi connectivity index (χ4n) is 1.30. The van der Waals surface area contributed by atoms with Crippen LogP contribution in [0.1, 0.15) is 6.92 Å². The van der Waals surface area contributed by atoms with Gasteiger partial charge in [0.1, 0.15) is 0 Å². The fraction of sp³-hybridized carbons (Fsp3) is 0.917. The second-order valence-corrected chi connectivity index (χ2v) is 4.96. The second kappa shape index (κ2) is 16.3. The fourth-order valence-corrected chi connectivity index (χ4v) is 1.61. The summed E-state index contributed by atoms with van der Waals surface area (Å²) in [6.07, 6.45) is 2.11. The molecule has 7 heteroatoms. The first-order valence-electron chi connectivity index (χ1n) is 6.43. The molecule has 0 spiro atoms. The van der Waals surface area contributed by atoms with Crippen molar-refractivity contribution in [2.75, 3.05) is 65.5 Å². The summed E-state index contributed by atoms with van der Waals surface area (Å²) in [7, 11) is 3.81. The molecule has 5 nitrogen and oxygen atoms in total. The van der Waals surface area contributed by atoms with Gasteiger partial charge in [-0.1, -0.05) is 0 Å². The average Bonchev–Trinajstić information content (AvgIpc) is 2.36. The molecule has 0 radical (unpaired) electrons. The lowest BCUT2D eigenvalue weighted by atomic mass is 10.5. The first-order valence-corrected chi connectivity index (χ1v) is 7.82. The molecule has 0 heterocycles. The van der Waals surface area contributed by atoms with Crippen molar-refractivity contribution in [3.05, 3.63) is 0 Å². The van der Waals surface area contributed by atoms with E-state index in [-0.39, 0.29) is 24.0 Å². The number of nitrogens with one attached hydrogen (secondary N) is 2. The minimum atomic E-state index is 0. The van der Waals surface area contributed by atoms with Crippen LogP contribution >= 0.6 is 35.7 Å². The highest BCUT2D eigenvalue weighted by Gasteiger charge is 1.98. The minimum Gasteiger partial charge on any atom is -0.383 e. The zero-order chi connectivity index (χ0) is 13.6. The number of aliphatic imine (C=N–C) groups is 1. The van der Waals surface area contributed by atoms with Gasteiger partial charge in [0.2, 0.25) is 0 Å². The Kier molecular flexibility index (Phi) is 18.5. The van der Waals surface area contributed by atoms with Gasteiger partial charge in [-0.05, 0) is 20.2 Å². The summed E-state index contributed by atoms with van der Waals surface area (Å²) in [6, 6.07) is 0. The molecule has 0 saturated carbocycles. The molecule has 0 unspecified atom stereocenters. The van der Waals surface area contributed by atoms with E-state index >= 15 is 0 Å². The van der Waals surface area contributed by atoms with Crippen LogP contribution in [0.15, 0.2) is 4.99 Å². The van der Waals surface area contributed by atoms with Gasteiger partial charge in [0, 0.05) is 39.0 Å². The number of methoxy groups -OCH3 is 1. The van der Waals surface area contributed by atoms with E-state index in [2.05, 4.69) is 40.8 Å². The first kappa shape index (κ1) is 21.6. The van der Waals surface area contributed by atoms with Gasteiger partial charge < -0.3 is 20.3 Å². The van der Waals surface area contributed by atoms with Crippen molar-refractivity contribution in [2.24, 2.45) is 4.99 Å². The molecule has 0 amide bonds. The maximum absolute atomic E-state index is 5.04. The molecular weight excluding hydrogens is 375 g/mol. The number of nitrogens with zero attached hydrogens (tertiary/aromatic N) is 2. The van der Waals surface area contributed by atoms with Crippen LogP contribution in [0.25, 0.3) is 0 Å². The highest BCUT2D eigenvalue weighted by molar-refractivity contribution is 14.0. The molecule has 0 aromatic rings. The maximum atomic E-state index is 5.04. The lowest BCUT2D eigenvalue weighted by Gasteiger charge is -2.15. The van der Waals surface area contributed by atoms with Crippen LogP contribution in [0.3, 0.4) is 0 Å². The van der Waals surface area contributed by atoms with E-state index < -0.39 is 0 Å². The Morgan fingerprint density at radius 1 is 1.32 bits per heavy atom. The van der Waals surface area contributed by atoms with E-state index in [4.69, 9.17) is 4.74 Å². The maximum Gasteiger partial charge on any atom is 0.191 e. The van der Waals surface area contributed by atoms with Crippen LogP contribution in [-0.4, -0.2) is 76.4 Å². The zero-order valence-electron chi connectivity index (χ0n) is 12.6. The molecule has 19 heavy (non-hydrogen) atoms. The summed E-state index contributed by atoms with van der Waals surface area (Å²) in [5.41, 5.74) is 0. The summed E-state index contributed by atoms with van der Waals surface area (Å²) in [5, 5.41) is 6.56. The third kappa shape index (κ3) is 14.5. The molecule has 0 fully saturated rings. The van der Waals surface area contributed by atoms with Crippen LogP contribution in [0.5, 0.6) is 0 Å². The number of halogens is 1. The predicted molar refractivity (Wildman–Crippen MR) is 97.2 cm³/mol. The minimum absolute atomic E-state index is 0. The largest absolute Gasteiger partial charge is 0.383 e. The smallest absolute Gasteiger partial charge is 0.191 e. The van der Waals surface area contributed by atoms with Crippen molar-refractivity contribution >= 4 is 41.7 Å². The van der Waals surface area contributed by atoms with E-state index in [0.29, 0.717) is 0 Å². The van der Waals surface area contributed by atoms with Crippen molar-refractivity contribution < 1.29 is 4.74 Å². The van der Waals surface area contributed by atoms with Gasteiger partial charge in [-0.25, -0.2) is 0 Å². The highest BCUT2D eigenvalue weighted by atomic mass is 127. The predicted octanol–water partition coefficient (Wildman–Crippen LogP) is 1.10. The molecule has 0 aliphatic carbocycles. The molecule has 116 valence electrons. The van der Waals surface area contributed by atoms with Crippen molar-refractivity contribution in [3.8, 4) is 0 Å². The number of likely N-dealkylation sites (N-methyl/N-ethyl adjacent to an activating group) is 1. The third-order valence-electron chi connectivity index (χ3n) is 2.37. The molecule has 0 aromatic heterocycles. The lowest BCUT2D eigenvalue weighted by molar-refractivity contribution is 0.163. The van der Waals surface area contributed by atoms with Gasteiger partial charge in [-0.3, -0.25) is 4.99 Å². The Morgan fingerprint density at radius 3 is 2.63 bits per heavy atom. The van der Waals surface area contributed by atoms with Crippen LogP contribution in [0.2, 0.25) is 0 Å². The summed E-state index contributed by atoms with van der Waals surface area (Å²) < 4.78 is 5.04. The van der Waals surface area contributed by atoms with Gasteiger partial charge in [0.15, 0.2) is 5.96 Å². The van der Waals surface area contributed by atoms with Crippen LogP contribution in [0, 0.1) is 0 Å². The number of rotatable bonds is 10. The van der Waals surface area contributed by atoms with Crippen LogP contribution in [-0.2, 0) is 4.74 Å². The Balaban J connectivity index is 0. The van der Waals surface area contributed by atoms with Crippen molar-refractivity contribution in [1.82, 2.24) is 15.5 Å².